The number of para-hydroxylation sites is 1. The van der Waals surface area contributed by atoms with E-state index in [1.54, 1.807) is 19.1 Å². The molecule has 0 bridgehead atoms. The van der Waals surface area contributed by atoms with Crippen LogP contribution in [0.5, 0.6) is 0 Å². The van der Waals surface area contributed by atoms with Gasteiger partial charge in [-0.2, -0.15) is 0 Å². The van der Waals surface area contributed by atoms with E-state index < -0.39 is 5.54 Å². The van der Waals surface area contributed by atoms with Crippen molar-refractivity contribution in [1.82, 2.24) is 5.32 Å². The molecule has 0 unspecified atom stereocenters. The summed E-state index contributed by atoms with van der Waals surface area (Å²) < 4.78 is 0. The molecule has 1 aromatic carbocycles. The van der Waals surface area contributed by atoms with Gasteiger partial charge in [-0.25, -0.2) is 0 Å². The van der Waals surface area contributed by atoms with E-state index in [0.717, 1.165) is 0 Å². The largest absolute Gasteiger partial charge is 0.393 e. The molecule has 1 amide bonds. The molecule has 5 heteroatoms. The van der Waals surface area contributed by atoms with Crippen molar-refractivity contribution in [2.75, 3.05) is 11.5 Å². The van der Waals surface area contributed by atoms with Gasteiger partial charge in [-0.05, 0) is 31.3 Å². The lowest BCUT2D eigenvalue weighted by molar-refractivity contribution is -0.122. The number of anilines is 1. The van der Waals surface area contributed by atoms with Gasteiger partial charge in [0, 0.05) is 0 Å². The zero-order chi connectivity index (χ0) is 11.8. The van der Waals surface area contributed by atoms with Crippen LogP contribution in [0.3, 0.4) is 0 Å². The Morgan fingerprint density at radius 2 is 2.06 bits per heavy atom. The Morgan fingerprint density at radius 3 is 2.56 bits per heavy atom. The van der Waals surface area contributed by atoms with E-state index in [-0.39, 0.29) is 12.5 Å². The molecule has 2 N–H and O–H groups in total. The van der Waals surface area contributed by atoms with Crippen LogP contribution in [-0.4, -0.2) is 28.3 Å². The third-order valence-electron chi connectivity index (χ3n) is 2.59. The van der Waals surface area contributed by atoms with Gasteiger partial charge in [-0.15, -0.1) is 0 Å². The first-order chi connectivity index (χ1) is 7.58. The summed E-state index contributed by atoms with van der Waals surface area (Å²) in [7, 11) is 0. The Kier molecular flexibility index (Phi) is 2.65. The molecule has 2 rings (SSSR count). The van der Waals surface area contributed by atoms with E-state index in [1.165, 1.54) is 4.90 Å². The number of thiocarbonyl (C=S) groups is 1. The summed E-state index contributed by atoms with van der Waals surface area (Å²) in [6, 6.07) is 9.13. The molecule has 0 aromatic heterocycles. The lowest BCUT2D eigenvalue weighted by Gasteiger charge is -2.18. The van der Waals surface area contributed by atoms with Crippen LogP contribution in [0.4, 0.5) is 5.69 Å². The summed E-state index contributed by atoms with van der Waals surface area (Å²) in [6.07, 6.45) is 0. The molecule has 0 radical (unpaired) electrons. The summed E-state index contributed by atoms with van der Waals surface area (Å²) in [5, 5.41) is 12.4. The Bertz CT molecular complexity index is 435. The number of hydrogen-bond donors (Lipinski definition) is 2. The number of hydrogen-bond acceptors (Lipinski definition) is 3. The van der Waals surface area contributed by atoms with Gasteiger partial charge in [-0.1, -0.05) is 18.2 Å². The molecule has 1 heterocycles. The van der Waals surface area contributed by atoms with Gasteiger partial charge in [-0.3, -0.25) is 9.69 Å². The topological polar surface area (TPSA) is 52.6 Å². The molecule has 16 heavy (non-hydrogen) atoms. The zero-order valence-corrected chi connectivity index (χ0v) is 9.62. The number of carbonyl (C=O) groups is 1. The average molecular weight is 236 g/mol. The van der Waals surface area contributed by atoms with E-state index in [4.69, 9.17) is 12.2 Å². The van der Waals surface area contributed by atoms with Crippen LogP contribution < -0.4 is 10.2 Å². The maximum Gasteiger partial charge on any atom is 0.261 e. The first kappa shape index (κ1) is 11.0. The summed E-state index contributed by atoms with van der Waals surface area (Å²) in [5.74, 6) is -0.230. The molecule has 1 aromatic rings. The molecule has 1 atom stereocenters. The third-order valence-corrected chi connectivity index (χ3v) is 2.88. The second-order valence-corrected chi connectivity index (χ2v) is 4.28. The van der Waals surface area contributed by atoms with Crippen LogP contribution in [0.15, 0.2) is 30.3 Å². The number of aliphatic hydroxyl groups is 1. The maximum absolute atomic E-state index is 12.1. The molecule has 1 aliphatic heterocycles. The summed E-state index contributed by atoms with van der Waals surface area (Å²) in [4.78, 5) is 13.5. The van der Waals surface area contributed by atoms with Crippen LogP contribution in [-0.2, 0) is 4.79 Å². The first-order valence-electron chi connectivity index (χ1n) is 4.91. The highest BCUT2D eigenvalue weighted by Crippen LogP contribution is 2.24. The number of nitrogens with zero attached hydrogens (tertiary/aromatic N) is 1. The van der Waals surface area contributed by atoms with Gasteiger partial charge in [0.1, 0.15) is 5.54 Å². The van der Waals surface area contributed by atoms with Crippen molar-refractivity contribution in [3.63, 3.8) is 0 Å². The number of aliphatic hydroxyl groups excluding tert-OH is 1. The molecule has 84 valence electrons. The van der Waals surface area contributed by atoms with Crippen LogP contribution in [0.2, 0.25) is 0 Å². The Balaban J connectivity index is 2.38. The van der Waals surface area contributed by atoms with E-state index >= 15 is 0 Å². The highest BCUT2D eigenvalue weighted by Gasteiger charge is 2.45. The lowest BCUT2D eigenvalue weighted by Crippen LogP contribution is -2.47. The summed E-state index contributed by atoms with van der Waals surface area (Å²) >= 11 is 5.10. The first-order valence-corrected chi connectivity index (χ1v) is 5.32. The van der Waals surface area contributed by atoms with E-state index in [0.29, 0.717) is 10.8 Å². The SMILES string of the molecule is C[C@]1(CO)NC(=S)N(c2ccccc2)C1=O. The number of carbonyl (C=O) groups excluding carboxylic acids is 1. The highest BCUT2D eigenvalue weighted by molar-refractivity contribution is 7.80. The van der Waals surface area contributed by atoms with Crippen molar-refractivity contribution < 1.29 is 9.90 Å². The van der Waals surface area contributed by atoms with Crippen molar-refractivity contribution in [2.45, 2.75) is 12.5 Å². The molecule has 0 saturated carbocycles. The summed E-state index contributed by atoms with van der Waals surface area (Å²) in [5.41, 5.74) is -0.297. The van der Waals surface area contributed by atoms with Crippen LogP contribution in [0, 0.1) is 0 Å². The molecule has 1 fully saturated rings. The van der Waals surface area contributed by atoms with Crippen molar-refractivity contribution in [2.24, 2.45) is 0 Å². The average Bonchev–Trinajstić information content (AvgIpc) is 2.52. The maximum atomic E-state index is 12.1. The molecule has 0 spiro atoms. The summed E-state index contributed by atoms with van der Waals surface area (Å²) in [6.45, 7) is 1.35. The van der Waals surface area contributed by atoms with Gasteiger partial charge in [0.05, 0.1) is 12.3 Å². The van der Waals surface area contributed by atoms with Gasteiger partial charge in [0.25, 0.3) is 5.91 Å². The van der Waals surface area contributed by atoms with Crippen LogP contribution >= 0.6 is 12.2 Å². The molecule has 0 aliphatic carbocycles. The van der Waals surface area contributed by atoms with Crippen molar-refractivity contribution >= 4 is 28.9 Å². The quantitative estimate of drug-likeness (QED) is 0.741. The van der Waals surface area contributed by atoms with Crippen LogP contribution in [0.1, 0.15) is 6.92 Å². The van der Waals surface area contributed by atoms with Gasteiger partial charge in [0.15, 0.2) is 5.11 Å². The number of nitrogens with one attached hydrogen (secondary N) is 1. The smallest absolute Gasteiger partial charge is 0.261 e. The second kappa shape index (κ2) is 3.84. The van der Waals surface area contributed by atoms with Crippen molar-refractivity contribution in [1.29, 1.82) is 0 Å². The predicted molar refractivity (Wildman–Crippen MR) is 65.2 cm³/mol. The Labute approximate surface area is 98.9 Å². The fourth-order valence-corrected chi connectivity index (χ4v) is 2.02. The van der Waals surface area contributed by atoms with Gasteiger partial charge >= 0.3 is 0 Å². The molecule has 1 saturated heterocycles. The molecular weight excluding hydrogens is 224 g/mol. The van der Waals surface area contributed by atoms with E-state index in [2.05, 4.69) is 5.32 Å². The monoisotopic (exact) mass is 236 g/mol. The van der Waals surface area contributed by atoms with Crippen molar-refractivity contribution in [3.05, 3.63) is 30.3 Å². The second-order valence-electron chi connectivity index (χ2n) is 3.90. The van der Waals surface area contributed by atoms with Crippen molar-refractivity contribution in [3.8, 4) is 0 Å². The zero-order valence-electron chi connectivity index (χ0n) is 8.80. The fourth-order valence-electron chi connectivity index (χ4n) is 1.60. The van der Waals surface area contributed by atoms with Gasteiger partial charge < -0.3 is 10.4 Å². The third kappa shape index (κ3) is 1.58. The predicted octanol–water partition coefficient (Wildman–Crippen LogP) is 0.659. The number of rotatable bonds is 2. The minimum Gasteiger partial charge on any atom is -0.393 e. The minimum atomic E-state index is -1.01. The van der Waals surface area contributed by atoms with E-state index in [1.807, 2.05) is 18.2 Å². The number of benzene rings is 1. The highest BCUT2D eigenvalue weighted by atomic mass is 32.1. The lowest BCUT2D eigenvalue weighted by atomic mass is 10.0. The van der Waals surface area contributed by atoms with Gasteiger partial charge in [0.2, 0.25) is 0 Å². The molecule has 1 aliphatic rings. The fraction of sp³-hybridized carbons (Fsp3) is 0.273. The Hall–Kier alpha value is -1.46. The number of amides is 1. The normalized spacial score (nSPS) is 24.8. The molecule has 4 nitrogen and oxygen atoms in total. The molecular formula is C11H12N2O2S. The standard InChI is InChI=1S/C11H12N2O2S/c1-11(7-14)9(15)13(10(16)12-11)8-5-3-2-4-6-8/h2-6,14H,7H2,1H3,(H,12,16)/t11-/m1/s1. The van der Waals surface area contributed by atoms with Crippen LogP contribution in [0.25, 0.3) is 0 Å². The minimum absolute atomic E-state index is 0.230. The van der Waals surface area contributed by atoms with E-state index in [9.17, 15) is 9.90 Å². The Morgan fingerprint density at radius 1 is 1.44 bits per heavy atom.